The minimum Gasteiger partial charge on any atom is -0.490 e. The van der Waals surface area contributed by atoms with Crippen molar-refractivity contribution in [1.29, 1.82) is 5.26 Å². The van der Waals surface area contributed by atoms with Crippen molar-refractivity contribution < 1.29 is 18.6 Å². The number of piperazine rings is 1. The van der Waals surface area contributed by atoms with E-state index in [1.807, 2.05) is 30.5 Å². The van der Waals surface area contributed by atoms with Crippen LogP contribution in [0.15, 0.2) is 48.9 Å². The van der Waals surface area contributed by atoms with E-state index in [1.54, 1.807) is 32.7 Å². The molecule has 0 N–H and O–H groups in total. The Balaban J connectivity index is 1.20. The van der Waals surface area contributed by atoms with Crippen LogP contribution in [0.25, 0.3) is 16.6 Å². The number of ether oxygens (including phenoxy) is 3. The average Bonchev–Trinajstić information content (AvgIpc) is 3.30. The van der Waals surface area contributed by atoms with Gasteiger partial charge in [0, 0.05) is 68.4 Å². The largest absolute Gasteiger partial charge is 0.490 e. The highest BCUT2D eigenvalue weighted by Crippen LogP contribution is 2.37. The molecule has 0 aliphatic carbocycles. The molecule has 2 bridgehead atoms. The monoisotopic (exact) mass is 529 g/mol. The molecule has 3 fully saturated rings. The van der Waals surface area contributed by atoms with Crippen LogP contribution in [0.3, 0.4) is 0 Å². The Morgan fingerprint density at radius 2 is 1.92 bits per heavy atom. The Bertz CT molecular complexity index is 1510. The van der Waals surface area contributed by atoms with Crippen molar-refractivity contribution in [1.82, 2.24) is 24.5 Å². The smallest absolute Gasteiger partial charge is 0.251 e. The van der Waals surface area contributed by atoms with E-state index in [4.69, 9.17) is 19.2 Å². The second kappa shape index (κ2) is 10.5. The van der Waals surface area contributed by atoms with Crippen LogP contribution >= 0.6 is 0 Å². The molecule has 0 aromatic carbocycles. The van der Waals surface area contributed by atoms with Crippen LogP contribution in [0.5, 0.6) is 11.6 Å². The molecule has 200 valence electrons. The SMILES string of the molecule is COCCOc1cc(-c2ccc(N3CC4CC(C3)N4Cc3ccc(OC)nc3)nc2)c2c(C#N)c(F)nn2c1. The van der Waals surface area contributed by atoms with Gasteiger partial charge in [-0.05, 0) is 30.2 Å². The average molecular weight is 530 g/mol. The van der Waals surface area contributed by atoms with Crippen LogP contribution in [-0.4, -0.2) is 77.1 Å². The first-order valence-electron chi connectivity index (χ1n) is 12.8. The molecule has 0 radical (unpaired) electrons. The molecule has 7 heterocycles. The summed E-state index contributed by atoms with van der Waals surface area (Å²) in [5.74, 6) is 1.19. The van der Waals surface area contributed by atoms with E-state index >= 15 is 0 Å². The summed E-state index contributed by atoms with van der Waals surface area (Å²) >= 11 is 0. The summed E-state index contributed by atoms with van der Waals surface area (Å²) < 4.78 is 31.8. The van der Waals surface area contributed by atoms with Crippen LogP contribution in [0.4, 0.5) is 10.2 Å². The molecule has 4 aromatic rings. The standard InChI is InChI=1S/C28H28FN7O3/c1-37-7-8-39-22-10-23(27-24(11-30)28(29)33-36(27)17-22)19-4-5-25(31-13-19)34-15-20-9-21(16-34)35(20)14-18-3-6-26(38-2)32-12-18/h3-6,10,12-13,17,20-21H,7-9,14-16H2,1-2H3. The molecule has 7 rings (SSSR count). The lowest BCUT2D eigenvalue weighted by atomic mass is 9.87. The van der Waals surface area contributed by atoms with Gasteiger partial charge in [-0.15, -0.1) is 5.10 Å². The number of rotatable bonds is 9. The number of nitrogens with zero attached hydrogens (tertiary/aromatic N) is 7. The van der Waals surface area contributed by atoms with Crippen LogP contribution in [-0.2, 0) is 11.3 Å². The topological polar surface area (TPSA) is 101 Å². The molecular formula is C28H28FN7O3. The molecule has 0 spiro atoms. The predicted molar refractivity (Wildman–Crippen MR) is 141 cm³/mol. The number of hydrogen-bond donors (Lipinski definition) is 0. The minimum absolute atomic E-state index is 0.110. The zero-order chi connectivity index (χ0) is 26.9. The lowest BCUT2D eigenvalue weighted by Crippen LogP contribution is -2.68. The van der Waals surface area contributed by atoms with Gasteiger partial charge >= 0.3 is 0 Å². The summed E-state index contributed by atoms with van der Waals surface area (Å²) in [6.07, 6.45) is 6.38. The van der Waals surface area contributed by atoms with Crippen molar-refractivity contribution >= 4 is 11.3 Å². The number of fused-ring (bicyclic) bond motifs is 3. The summed E-state index contributed by atoms with van der Waals surface area (Å²) in [7, 11) is 3.21. The highest BCUT2D eigenvalue weighted by Gasteiger charge is 2.44. The van der Waals surface area contributed by atoms with E-state index in [2.05, 4.69) is 25.9 Å². The molecule has 3 saturated heterocycles. The maximum absolute atomic E-state index is 14.4. The van der Waals surface area contributed by atoms with Crippen molar-refractivity contribution in [2.45, 2.75) is 25.0 Å². The Hall–Kier alpha value is -4.27. The van der Waals surface area contributed by atoms with Gasteiger partial charge < -0.3 is 19.1 Å². The quantitative estimate of drug-likeness (QED) is 0.302. The van der Waals surface area contributed by atoms with Crippen LogP contribution in [0.1, 0.15) is 17.5 Å². The summed E-state index contributed by atoms with van der Waals surface area (Å²) in [4.78, 5) is 13.9. The molecule has 39 heavy (non-hydrogen) atoms. The van der Waals surface area contributed by atoms with Crippen LogP contribution < -0.4 is 14.4 Å². The number of pyridine rings is 3. The Kier molecular flexibility index (Phi) is 6.72. The number of nitriles is 1. The van der Waals surface area contributed by atoms with Gasteiger partial charge in [0.1, 0.15) is 29.8 Å². The first-order chi connectivity index (χ1) is 19.1. The second-order valence-corrected chi connectivity index (χ2v) is 9.74. The number of piperidine rings is 1. The Morgan fingerprint density at radius 3 is 2.59 bits per heavy atom. The molecule has 4 aromatic heterocycles. The normalized spacial score (nSPS) is 18.6. The van der Waals surface area contributed by atoms with E-state index in [0.717, 1.165) is 31.0 Å². The molecule has 0 saturated carbocycles. The number of anilines is 1. The fourth-order valence-corrected chi connectivity index (χ4v) is 5.47. The second-order valence-electron chi connectivity index (χ2n) is 9.74. The molecule has 3 aliphatic heterocycles. The number of halogens is 1. The van der Waals surface area contributed by atoms with Gasteiger partial charge in [-0.3, -0.25) is 4.90 Å². The van der Waals surface area contributed by atoms with Crippen molar-refractivity contribution in [3.63, 3.8) is 0 Å². The van der Waals surface area contributed by atoms with Gasteiger partial charge in [0.05, 0.1) is 25.4 Å². The van der Waals surface area contributed by atoms with E-state index in [9.17, 15) is 9.65 Å². The Morgan fingerprint density at radius 1 is 1.08 bits per heavy atom. The molecule has 2 unspecified atom stereocenters. The maximum Gasteiger partial charge on any atom is 0.251 e. The minimum atomic E-state index is -0.820. The third-order valence-corrected chi connectivity index (χ3v) is 7.43. The first kappa shape index (κ1) is 25.0. The lowest BCUT2D eigenvalue weighted by molar-refractivity contribution is -0.00876. The summed E-state index contributed by atoms with van der Waals surface area (Å²) in [5.41, 5.74) is 2.81. The molecule has 2 atom stereocenters. The van der Waals surface area contributed by atoms with Crippen molar-refractivity contribution in [2.75, 3.05) is 45.4 Å². The van der Waals surface area contributed by atoms with E-state index in [-0.39, 0.29) is 5.56 Å². The van der Waals surface area contributed by atoms with Crippen molar-refractivity contribution in [2.24, 2.45) is 0 Å². The Labute approximate surface area is 225 Å². The van der Waals surface area contributed by atoms with Crippen molar-refractivity contribution in [3.05, 3.63) is 66.0 Å². The third-order valence-electron chi connectivity index (χ3n) is 7.43. The molecular weight excluding hydrogens is 501 g/mol. The molecule has 0 amide bonds. The van der Waals surface area contributed by atoms with Gasteiger partial charge in [-0.1, -0.05) is 6.07 Å². The first-order valence-corrected chi connectivity index (χ1v) is 12.8. The number of aromatic nitrogens is 4. The summed E-state index contributed by atoms with van der Waals surface area (Å²) in [5, 5.41) is 13.5. The van der Waals surface area contributed by atoms with E-state index < -0.39 is 5.95 Å². The van der Waals surface area contributed by atoms with Gasteiger partial charge in [0.2, 0.25) is 5.88 Å². The van der Waals surface area contributed by atoms with Gasteiger partial charge in [0.15, 0.2) is 0 Å². The van der Waals surface area contributed by atoms with Crippen LogP contribution in [0.2, 0.25) is 0 Å². The van der Waals surface area contributed by atoms with E-state index in [0.29, 0.717) is 48.0 Å². The van der Waals surface area contributed by atoms with Gasteiger partial charge in [0.25, 0.3) is 5.95 Å². The molecule has 11 heteroatoms. The fraction of sp³-hybridized carbons (Fsp3) is 0.357. The van der Waals surface area contributed by atoms with Crippen LogP contribution in [0, 0.1) is 17.3 Å². The fourth-order valence-electron chi connectivity index (χ4n) is 5.47. The summed E-state index contributed by atoms with van der Waals surface area (Å²) in [6, 6.07) is 12.5. The zero-order valence-electron chi connectivity index (χ0n) is 21.7. The molecule has 3 aliphatic rings. The predicted octanol–water partition coefficient (Wildman–Crippen LogP) is 3.30. The third kappa shape index (κ3) is 4.73. The highest BCUT2D eigenvalue weighted by molar-refractivity contribution is 5.85. The van der Waals surface area contributed by atoms with E-state index in [1.165, 1.54) is 16.5 Å². The zero-order valence-corrected chi connectivity index (χ0v) is 21.7. The molecule has 10 nitrogen and oxygen atoms in total. The van der Waals surface area contributed by atoms with Gasteiger partial charge in [-0.25, -0.2) is 14.5 Å². The lowest BCUT2D eigenvalue weighted by Gasteiger charge is -2.56. The highest BCUT2D eigenvalue weighted by atomic mass is 19.1. The van der Waals surface area contributed by atoms with Gasteiger partial charge in [-0.2, -0.15) is 9.65 Å². The maximum atomic E-state index is 14.4. The van der Waals surface area contributed by atoms with Crippen molar-refractivity contribution in [3.8, 4) is 28.8 Å². The number of methoxy groups -OCH3 is 2. The number of hydrogen-bond acceptors (Lipinski definition) is 9. The summed E-state index contributed by atoms with van der Waals surface area (Å²) in [6.45, 7) is 3.40.